The summed E-state index contributed by atoms with van der Waals surface area (Å²) in [6.45, 7) is 6.69. The van der Waals surface area contributed by atoms with Gasteiger partial charge in [-0.25, -0.2) is 4.98 Å². The first kappa shape index (κ1) is 17.4. The van der Waals surface area contributed by atoms with Crippen LogP contribution < -0.4 is 5.73 Å². The SMILES string of the molecule is CC(C)c1nc(C(=O)N2CC[C@@H]3[C@@H](CCC(=O)N3CCN)C2)cs1. The summed E-state index contributed by atoms with van der Waals surface area (Å²) in [5.74, 6) is 0.938. The van der Waals surface area contributed by atoms with E-state index in [1.54, 1.807) is 11.3 Å². The molecule has 3 heterocycles. The van der Waals surface area contributed by atoms with Crippen molar-refractivity contribution < 1.29 is 9.59 Å². The van der Waals surface area contributed by atoms with E-state index in [-0.39, 0.29) is 17.9 Å². The lowest BCUT2D eigenvalue weighted by Crippen LogP contribution is -2.57. The second-order valence-corrected chi connectivity index (χ2v) is 7.90. The zero-order valence-corrected chi connectivity index (χ0v) is 15.2. The molecule has 0 bridgehead atoms. The van der Waals surface area contributed by atoms with Crippen LogP contribution in [0.2, 0.25) is 0 Å². The first-order valence-corrected chi connectivity index (χ1v) is 9.63. The number of amides is 2. The first-order chi connectivity index (χ1) is 11.5. The zero-order valence-electron chi connectivity index (χ0n) is 14.4. The summed E-state index contributed by atoms with van der Waals surface area (Å²) in [4.78, 5) is 33.2. The maximum absolute atomic E-state index is 12.8. The smallest absolute Gasteiger partial charge is 0.273 e. The second-order valence-electron chi connectivity index (χ2n) is 7.01. The third-order valence-corrected chi connectivity index (χ3v) is 6.18. The monoisotopic (exact) mass is 350 g/mol. The van der Waals surface area contributed by atoms with E-state index < -0.39 is 0 Å². The molecule has 0 aromatic carbocycles. The zero-order chi connectivity index (χ0) is 17.3. The third-order valence-electron chi connectivity index (χ3n) is 5.04. The summed E-state index contributed by atoms with van der Waals surface area (Å²) >= 11 is 1.55. The van der Waals surface area contributed by atoms with E-state index in [2.05, 4.69) is 18.8 Å². The number of rotatable bonds is 4. The number of likely N-dealkylation sites (tertiary alicyclic amines) is 2. The highest BCUT2D eigenvalue weighted by molar-refractivity contribution is 7.09. The van der Waals surface area contributed by atoms with Crippen molar-refractivity contribution >= 4 is 23.2 Å². The van der Waals surface area contributed by atoms with Crippen molar-refractivity contribution in [3.8, 4) is 0 Å². The summed E-state index contributed by atoms with van der Waals surface area (Å²) in [6, 6.07) is 0.237. The van der Waals surface area contributed by atoms with E-state index in [4.69, 9.17) is 5.73 Å². The molecule has 2 saturated heterocycles. The van der Waals surface area contributed by atoms with E-state index in [1.165, 1.54) is 0 Å². The fourth-order valence-electron chi connectivity index (χ4n) is 3.78. The van der Waals surface area contributed by atoms with Crippen LogP contribution >= 0.6 is 11.3 Å². The molecule has 1 aromatic heterocycles. The Morgan fingerprint density at radius 1 is 1.46 bits per heavy atom. The van der Waals surface area contributed by atoms with E-state index in [9.17, 15) is 9.59 Å². The Bertz CT molecular complexity index is 615. The Morgan fingerprint density at radius 2 is 2.25 bits per heavy atom. The predicted octanol–water partition coefficient (Wildman–Crippen LogP) is 1.68. The molecular weight excluding hydrogens is 324 g/mol. The molecule has 0 unspecified atom stereocenters. The van der Waals surface area contributed by atoms with Gasteiger partial charge in [0.15, 0.2) is 0 Å². The molecule has 0 spiro atoms. The fourth-order valence-corrected chi connectivity index (χ4v) is 4.59. The van der Waals surface area contributed by atoms with Crippen LogP contribution in [0.5, 0.6) is 0 Å². The molecule has 24 heavy (non-hydrogen) atoms. The standard InChI is InChI=1S/C17H26N4O2S/c1-11(2)16-19-13(10-24-16)17(23)20-7-5-14-12(9-20)3-4-15(22)21(14)8-6-18/h10-12,14H,3-9,18H2,1-2H3/t12-,14+/m0/s1. The van der Waals surface area contributed by atoms with Crippen molar-refractivity contribution in [2.45, 2.75) is 45.1 Å². The number of carbonyl (C=O) groups excluding carboxylic acids is 2. The molecule has 6 nitrogen and oxygen atoms in total. The van der Waals surface area contributed by atoms with E-state index in [0.717, 1.165) is 17.8 Å². The van der Waals surface area contributed by atoms with Crippen LogP contribution in [-0.2, 0) is 4.79 Å². The highest BCUT2D eigenvalue weighted by Crippen LogP contribution is 2.32. The fraction of sp³-hybridized carbons (Fsp3) is 0.706. The highest BCUT2D eigenvalue weighted by Gasteiger charge is 2.40. The molecule has 2 aliphatic heterocycles. The van der Waals surface area contributed by atoms with E-state index in [0.29, 0.717) is 50.1 Å². The third kappa shape index (κ3) is 3.32. The molecule has 2 atom stereocenters. The highest BCUT2D eigenvalue weighted by atomic mass is 32.1. The number of carbonyl (C=O) groups is 2. The first-order valence-electron chi connectivity index (χ1n) is 8.75. The van der Waals surface area contributed by atoms with Crippen molar-refractivity contribution in [3.63, 3.8) is 0 Å². The largest absolute Gasteiger partial charge is 0.338 e. The van der Waals surface area contributed by atoms with E-state index >= 15 is 0 Å². The van der Waals surface area contributed by atoms with Gasteiger partial charge in [0.2, 0.25) is 5.91 Å². The lowest BCUT2D eigenvalue weighted by Gasteiger charge is -2.46. The lowest BCUT2D eigenvalue weighted by atomic mass is 9.83. The minimum atomic E-state index is 0.0267. The van der Waals surface area contributed by atoms with Crippen LogP contribution in [0, 0.1) is 5.92 Å². The van der Waals surface area contributed by atoms with Crippen LogP contribution in [0.1, 0.15) is 54.5 Å². The quantitative estimate of drug-likeness (QED) is 0.896. The molecule has 3 rings (SSSR count). The Labute approximate surface area is 147 Å². The molecule has 2 fully saturated rings. The normalized spacial score (nSPS) is 24.4. The number of hydrogen-bond donors (Lipinski definition) is 1. The van der Waals surface area contributed by atoms with Gasteiger partial charge < -0.3 is 15.5 Å². The average Bonchev–Trinajstić information content (AvgIpc) is 3.07. The van der Waals surface area contributed by atoms with Gasteiger partial charge in [0.25, 0.3) is 5.91 Å². The molecule has 0 radical (unpaired) electrons. The van der Waals surface area contributed by atoms with Gasteiger partial charge in [-0.1, -0.05) is 13.8 Å². The number of piperidine rings is 2. The molecule has 2 N–H and O–H groups in total. The van der Waals surface area contributed by atoms with Gasteiger partial charge in [0, 0.05) is 49.9 Å². The molecule has 132 valence electrons. The average molecular weight is 350 g/mol. The van der Waals surface area contributed by atoms with Crippen molar-refractivity contribution in [1.82, 2.24) is 14.8 Å². The lowest BCUT2D eigenvalue weighted by molar-refractivity contribution is -0.140. The number of nitrogens with two attached hydrogens (primary N) is 1. The predicted molar refractivity (Wildman–Crippen MR) is 94.0 cm³/mol. The number of aromatic nitrogens is 1. The molecule has 7 heteroatoms. The summed E-state index contributed by atoms with van der Waals surface area (Å²) in [5, 5.41) is 2.88. The van der Waals surface area contributed by atoms with Crippen molar-refractivity contribution in [3.05, 3.63) is 16.1 Å². The molecule has 2 amide bonds. The van der Waals surface area contributed by atoms with Gasteiger partial charge in [0.05, 0.1) is 5.01 Å². The Hall–Kier alpha value is -1.47. The van der Waals surface area contributed by atoms with Crippen LogP contribution in [0.4, 0.5) is 0 Å². The van der Waals surface area contributed by atoms with Gasteiger partial charge in [0.1, 0.15) is 5.69 Å². The Morgan fingerprint density at radius 3 is 2.92 bits per heavy atom. The summed E-state index contributed by atoms with van der Waals surface area (Å²) in [7, 11) is 0. The summed E-state index contributed by atoms with van der Waals surface area (Å²) in [5.41, 5.74) is 6.22. The van der Waals surface area contributed by atoms with Gasteiger partial charge in [-0.2, -0.15) is 0 Å². The van der Waals surface area contributed by atoms with Crippen LogP contribution in [0.15, 0.2) is 5.38 Å². The number of hydrogen-bond acceptors (Lipinski definition) is 5. The van der Waals surface area contributed by atoms with Gasteiger partial charge in [-0.3, -0.25) is 9.59 Å². The van der Waals surface area contributed by atoms with Crippen LogP contribution in [0.25, 0.3) is 0 Å². The van der Waals surface area contributed by atoms with Crippen LogP contribution in [0.3, 0.4) is 0 Å². The minimum absolute atomic E-state index is 0.0267. The Kier molecular flexibility index (Phi) is 5.20. The number of thiazole rings is 1. The topological polar surface area (TPSA) is 79.5 Å². The van der Waals surface area contributed by atoms with Crippen molar-refractivity contribution in [2.75, 3.05) is 26.2 Å². The van der Waals surface area contributed by atoms with Gasteiger partial charge in [-0.15, -0.1) is 11.3 Å². The minimum Gasteiger partial charge on any atom is -0.338 e. The second kappa shape index (κ2) is 7.19. The molecule has 0 saturated carbocycles. The van der Waals surface area contributed by atoms with Crippen molar-refractivity contribution in [2.24, 2.45) is 11.7 Å². The number of nitrogens with zero attached hydrogens (tertiary/aromatic N) is 3. The summed E-state index contributed by atoms with van der Waals surface area (Å²) in [6.07, 6.45) is 2.27. The van der Waals surface area contributed by atoms with Gasteiger partial charge >= 0.3 is 0 Å². The van der Waals surface area contributed by atoms with E-state index in [1.807, 2.05) is 15.2 Å². The Balaban J connectivity index is 1.68. The maximum Gasteiger partial charge on any atom is 0.273 e. The van der Waals surface area contributed by atoms with Gasteiger partial charge in [-0.05, 0) is 18.8 Å². The molecular formula is C17H26N4O2S. The number of fused-ring (bicyclic) bond motifs is 1. The van der Waals surface area contributed by atoms with Crippen LogP contribution in [-0.4, -0.2) is 58.8 Å². The molecule has 0 aliphatic carbocycles. The summed E-state index contributed by atoms with van der Waals surface area (Å²) < 4.78 is 0. The maximum atomic E-state index is 12.8. The van der Waals surface area contributed by atoms with Crippen molar-refractivity contribution in [1.29, 1.82) is 0 Å². The molecule has 1 aromatic rings. The molecule has 2 aliphatic rings.